The zero-order valence-electron chi connectivity index (χ0n) is 7.71. The van der Waals surface area contributed by atoms with Crippen molar-refractivity contribution in [3.63, 3.8) is 0 Å². The summed E-state index contributed by atoms with van der Waals surface area (Å²) in [5.41, 5.74) is 2.83. The quantitative estimate of drug-likeness (QED) is 0.580. The van der Waals surface area contributed by atoms with E-state index < -0.39 is 0 Å². The van der Waals surface area contributed by atoms with Crippen LogP contribution in [0.1, 0.15) is 20.3 Å². The van der Waals surface area contributed by atoms with Gasteiger partial charge in [-0.2, -0.15) is 0 Å². The highest BCUT2D eigenvalue weighted by atomic mass is 16.5. The lowest BCUT2D eigenvalue weighted by Crippen LogP contribution is -2.21. The standard InChI is InChI=1S/C10H15NO/c1-7(2)8-5-11-10-3-4-12-6-9(8)10/h5,7,10H,3-4,6H2,1-2H3. The van der Waals surface area contributed by atoms with Crippen LogP contribution in [0.15, 0.2) is 16.1 Å². The smallest absolute Gasteiger partial charge is 0.0759 e. The maximum absolute atomic E-state index is 5.43. The monoisotopic (exact) mass is 165 g/mol. The van der Waals surface area contributed by atoms with Gasteiger partial charge in [-0.3, -0.25) is 4.99 Å². The molecule has 1 unspecified atom stereocenters. The molecular formula is C10H15NO. The number of hydrogen-bond donors (Lipinski definition) is 0. The highest BCUT2D eigenvalue weighted by molar-refractivity contribution is 5.84. The van der Waals surface area contributed by atoms with E-state index in [1.54, 1.807) is 0 Å². The molecule has 2 aliphatic heterocycles. The molecule has 0 aromatic carbocycles. The molecule has 2 heteroatoms. The second kappa shape index (κ2) is 3.02. The Kier molecular flexibility index (Phi) is 2.01. The summed E-state index contributed by atoms with van der Waals surface area (Å²) in [5, 5.41) is 0. The van der Waals surface area contributed by atoms with Crippen molar-refractivity contribution in [2.75, 3.05) is 13.2 Å². The zero-order valence-corrected chi connectivity index (χ0v) is 7.71. The number of hydrogen-bond acceptors (Lipinski definition) is 2. The van der Waals surface area contributed by atoms with Crippen molar-refractivity contribution in [3.8, 4) is 0 Å². The second-order valence-corrected chi connectivity index (χ2v) is 3.77. The molecular weight excluding hydrogens is 150 g/mol. The van der Waals surface area contributed by atoms with Gasteiger partial charge >= 0.3 is 0 Å². The van der Waals surface area contributed by atoms with E-state index in [0.29, 0.717) is 12.0 Å². The van der Waals surface area contributed by atoms with Crippen molar-refractivity contribution in [2.45, 2.75) is 26.3 Å². The number of fused-ring (bicyclic) bond motifs is 1. The Morgan fingerprint density at radius 1 is 1.58 bits per heavy atom. The van der Waals surface area contributed by atoms with Gasteiger partial charge in [-0.05, 0) is 23.5 Å². The molecule has 2 heterocycles. The highest BCUT2D eigenvalue weighted by Crippen LogP contribution is 2.28. The van der Waals surface area contributed by atoms with Crippen LogP contribution >= 0.6 is 0 Å². The molecule has 0 bridgehead atoms. The fourth-order valence-electron chi connectivity index (χ4n) is 1.86. The van der Waals surface area contributed by atoms with Gasteiger partial charge in [0.1, 0.15) is 0 Å². The van der Waals surface area contributed by atoms with Gasteiger partial charge in [0, 0.05) is 12.8 Å². The summed E-state index contributed by atoms with van der Waals surface area (Å²) in [6.45, 7) is 6.10. The first kappa shape index (κ1) is 7.99. The number of aliphatic imine (C=N–C) groups is 1. The molecule has 1 fully saturated rings. The summed E-state index contributed by atoms with van der Waals surface area (Å²) < 4.78 is 5.43. The topological polar surface area (TPSA) is 21.6 Å². The van der Waals surface area contributed by atoms with Crippen LogP contribution in [-0.4, -0.2) is 25.5 Å². The number of ether oxygens (including phenoxy) is 1. The van der Waals surface area contributed by atoms with Crippen molar-refractivity contribution < 1.29 is 4.74 Å². The lowest BCUT2D eigenvalue weighted by Gasteiger charge is -2.21. The molecule has 1 saturated heterocycles. The van der Waals surface area contributed by atoms with E-state index in [0.717, 1.165) is 19.6 Å². The van der Waals surface area contributed by atoms with E-state index in [1.165, 1.54) is 11.1 Å². The van der Waals surface area contributed by atoms with E-state index in [2.05, 4.69) is 18.8 Å². The van der Waals surface area contributed by atoms with Crippen molar-refractivity contribution in [3.05, 3.63) is 11.1 Å². The Morgan fingerprint density at radius 3 is 3.17 bits per heavy atom. The van der Waals surface area contributed by atoms with Gasteiger partial charge in [-0.25, -0.2) is 0 Å². The maximum atomic E-state index is 5.43. The third-order valence-corrected chi connectivity index (χ3v) is 2.58. The molecule has 12 heavy (non-hydrogen) atoms. The molecule has 0 aliphatic carbocycles. The predicted molar refractivity (Wildman–Crippen MR) is 49.6 cm³/mol. The first-order valence-corrected chi connectivity index (χ1v) is 4.63. The fraction of sp³-hybridized carbons (Fsp3) is 0.700. The molecule has 0 radical (unpaired) electrons. The van der Waals surface area contributed by atoms with Gasteiger partial charge in [-0.15, -0.1) is 0 Å². The Bertz CT molecular complexity index is 240. The summed E-state index contributed by atoms with van der Waals surface area (Å²) >= 11 is 0. The van der Waals surface area contributed by atoms with Crippen LogP contribution in [0.2, 0.25) is 0 Å². The van der Waals surface area contributed by atoms with Gasteiger partial charge < -0.3 is 4.74 Å². The van der Waals surface area contributed by atoms with Gasteiger partial charge in [0.25, 0.3) is 0 Å². The van der Waals surface area contributed by atoms with E-state index in [1.807, 2.05) is 6.21 Å². The molecule has 0 spiro atoms. The SMILES string of the molecule is CC(C)C1=C2COCCC2N=C1. The second-order valence-electron chi connectivity index (χ2n) is 3.77. The maximum Gasteiger partial charge on any atom is 0.0759 e. The summed E-state index contributed by atoms with van der Waals surface area (Å²) in [5.74, 6) is 0.593. The molecule has 0 amide bonds. The van der Waals surface area contributed by atoms with Crippen molar-refractivity contribution in [1.29, 1.82) is 0 Å². The van der Waals surface area contributed by atoms with Crippen molar-refractivity contribution in [1.82, 2.24) is 0 Å². The average molecular weight is 165 g/mol. The van der Waals surface area contributed by atoms with Crippen LogP contribution in [0.5, 0.6) is 0 Å². The Balaban J connectivity index is 2.25. The Hall–Kier alpha value is -0.630. The molecule has 1 atom stereocenters. The minimum absolute atomic E-state index is 0.455. The molecule has 66 valence electrons. The molecule has 2 rings (SSSR count). The van der Waals surface area contributed by atoms with Crippen LogP contribution in [0, 0.1) is 5.92 Å². The van der Waals surface area contributed by atoms with Gasteiger partial charge in [0.15, 0.2) is 0 Å². The van der Waals surface area contributed by atoms with Gasteiger partial charge in [0.05, 0.1) is 12.6 Å². The van der Waals surface area contributed by atoms with Crippen molar-refractivity contribution in [2.24, 2.45) is 10.9 Å². The summed E-state index contributed by atoms with van der Waals surface area (Å²) in [7, 11) is 0. The van der Waals surface area contributed by atoms with Crippen LogP contribution in [0.25, 0.3) is 0 Å². The van der Waals surface area contributed by atoms with Crippen LogP contribution in [0.3, 0.4) is 0 Å². The van der Waals surface area contributed by atoms with Gasteiger partial charge in [0.2, 0.25) is 0 Å². The van der Waals surface area contributed by atoms with Gasteiger partial charge in [-0.1, -0.05) is 13.8 Å². The van der Waals surface area contributed by atoms with Crippen LogP contribution in [0.4, 0.5) is 0 Å². The Labute approximate surface area is 73.3 Å². The fourth-order valence-corrected chi connectivity index (χ4v) is 1.86. The largest absolute Gasteiger partial charge is 0.377 e. The van der Waals surface area contributed by atoms with E-state index >= 15 is 0 Å². The van der Waals surface area contributed by atoms with E-state index in [-0.39, 0.29) is 0 Å². The Morgan fingerprint density at radius 2 is 2.42 bits per heavy atom. The lowest BCUT2D eigenvalue weighted by molar-refractivity contribution is 0.123. The highest BCUT2D eigenvalue weighted by Gasteiger charge is 2.26. The summed E-state index contributed by atoms with van der Waals surface area (Å²) in [6, 6.07) is 0.455. The third-order valence-electron chi connectivity index (χ3n) is 2.58. The summed E-state index contributed by atoms with van der Waals surface area (Å²) in [6.07, 6.45) is 3.11. The van der Waals surface area contributed by atoms with E-state index in [9.17, 15) is 0 Å². The molecule has 0 aromatic heterocycles. The molecule has 0 saturated carbocycles. The number of nitrogens with zero attached hydrogens (tertiary/aromatic N) is 1. The lowest BCUT2D eigenvalue weighted by atomic mass is 9.94. The zero-order chi connectivity index (χ0) is 8.55. The first-order chi connectivity index (χ1) is 5.79. The minimum atomic E-state index is 0.455. The number of allylic oxidation sites excluding steroid dienone is 1. The van der Waals surface area contributed by atoms with Crippen molar-refractivity contribution >= 4 is 6.21 Å². The minimum Gasteiger partial charge on any atom is -0.377 e. The van der Waals surface area contributed by atoms with Crippen LogP contribution < -0.4 is 0 Å². The first-order valence-electron chi connectivity index (χ1n) is 4.63. The van der Waals surface area contributed by atoms with E-state index in [4.69, 9.17) is 4.74 Å². The predicted octanol–water partition coefficient (Wildman–Crippen LogP) is 1.81. The molecule has 0 aromatic rings. The summed E-state index contributed by atoms with van der Waals surface area (Å²) in [4.78, 5) is 4.48. The number of rotatable bonds is 1. The third kappa shape index (κ3) is 1.20. The average Bonchev–Trinajstić information content (AvgIpc) is 2.47. The molecule has 2 nitrogen and oxygen atoms in total. The molecule has 2 aliphatic rings. The molecule has 0 N–H and O–H groups in total. The normalized spacial score (nSPS) is 28.4. The van der Waals surface area contributed by atoms with Crippen LogP contribution in [-0.2, 0) is 4.74 Å².